The summed E-state index contributed by atoms with van der Waals surface area (Å²) in [6, 6.07) is 6.96. The second-order valence-corrected chi connectivity index (χ2v) is 7.52. The molecule has 0 aromatic heterocycles. The maximum absolute atomic E-state index is 12.1. The van der Waals surface area contributed by atoms with Crippen LogP contribution in [0.3, 0.4) is 0 Å². The maximum Gasteiger partial charge on any atom is 0.302 e. The van der Waals surface area contributed by atoms with Gasteiger partial charge in [0.25, 0.3) is 0 Å². The number of alkyl halides is 1. The highest BCUT2D eigenvalue weighted by Gasteiger charge is 2.13. The Morgan fingerprint density at radius 2 is 1.71 bits per heavy atom. The van der Waals surface area contributed by atoms with Crippen molar-refractivity contribution >= 4 is 31.7 Å². The smallest absolute Gasteiger partial charge is 0.302 e. The van der Waals surface area contributed by atoms with Gasteiger partial charge in [-0.15, -0.1) is 0 Å². The zero-order valence-corrected chi connectivity index (χ0v) is 14.6. The van der Waals surface area contributed by atoms with Crippen molar-refractivity contribution in [2.45, 2.75) is 42.8 Å². The number of carbonyl (C=O) groups excluding carboxylic acids is 1. The molecule has 0 radical (unpaired) electrons. The van der Waals surface area contributed by atoms with Crippen molar-refractivity contribution in [2.75, 3.05) is 12.4 Å². The van der Waals surface area contributed by atoms with Crippen LogP contribution >= 0.6 is 15.9 Å². The Bertz CT molecular complexity index is 537. The minimum absolute atomic E-state index is 0.161. The molecule has 6 heteroatoms. The van der Waals surface area contributed by atoms with Gasteiger partial charge in [0.2, 0.25) is 0 Å². The molecule has 118 valence electrons. The highest BCUT2D eigenvalue weighted by atomic mass is 79.9. The van der Waals surface area contributed by atoms with Gasteiger partial charge in [-0.2, -0.15) is 0 Å². The van der Waals surface area contributed by atoms with E-state index in [-0.39, 0.29) is 11.7 Å². The summed E-state index contributed by atoms with van der Waals surface area (Å²) in [6.45, 7) is 1.80. The van der Waals surface area contributed by atoms with E-state index in [2.05, 4.69) is 15.9 Å². The maximum atomic E-state index is 12.1. The highest BCUT2D eigenvalue weighted by Crippen LogP contribution is 2.16. The molecule has 0 N–H and O–H groups in total. The minimum Gasteiger partial charge on any atom is -0.466 e. The number of sulfone groups is 1. The van der Waals surface area contributed by atoms with Gasteiger partial charge in [0.05, 0.1) is 17.3 Å². The molecular formula is C15H21BrO4S. The van der Waals surface area contributed by atoms with Crippen LogP contribution in [0.15, 0.2) is 29.2 Å². The molecule has 1 rings (SSSR count). The summed E-state index contributed by atoms with van der Waals surface area (Å²) >= 11 is 3.33. The normalized spacial score (nSPS) is 11.3. The third-order valence-electron chi connectivity index (χ3n) is 3.05. The van der Waals surface area contributed by atoms with Gasteiger partial charge in [0.15, 0.2) is 9.84 Å². The summed E-state index contributed by atoms with van der Waals surface area (Å²) < 4.78 is 29.1. The first-order chi connectivity index (χ1) is 9.95. The quantitative estimate of drug-likeness (QED) is 0.376. The third-order valence-corrected chi connectivity index (χ3v) is 5.51. The number of hydrogen-bond acceptors (Lipinski definition) is 4. The lowest BCUT2D eigenvalue weighted by atomic mass is 10.2. The first-order valence-electron chi connectivity index (χ1n) is 6.97. The summed E-state index contributed by atoms with van der Waals surface area (Å²) in [5.41, 5.74) is 1.06. The van der Waals surface area contributed by atoms with Crippen LogP contribution < -0.4 is 0 Å². The van der Waals surface area contributed by atoms with E-state index in [9.17, 15) is 13.2 Å². The number of unbranched alkanes of at least 4 members (excludes halogenated alkanes) is 3. The van der Waals surface area contributed by atoms with Crippen LogP contribution in [0.4, 0.5) is 0 Å². The van der Waals surface area contributed by atoms with E-state index in [0.29, 0.717) is 17.9 Å². The first kappa shape index (κ1) is 18.2. The highest BCUT2D eigenvalue weighted by molar-refractivity contribution is 9.08. The SMILES string of the molecule is CC(=O)OCCCCCCS(=O)(=O)c1ccc(CBr)cc1. The molecule has 4 nitrogen and oxygen atoms in total. The monoisotopic (exact) mass is 376 g/mol. The minimum atomic E-state index is -3.19. The third kappa shape index (κ3) is 7.09. The van der Waals surface area contributed by atoms with Crippen molar-refractivity contribution in [3.8, 4) is 0 Å². The molecule has 0 aliphatic carbocycles. The summed E-state index contributed by atoms with van der Waals surface area (Å²) in [5.74, 6) is -0.113. The van der Waals surface area contributed by atoms with E-state index < -0.39 is 9.84 Å². The van der Waals surface area contributed by atoms with Gasteiger partial charge in [0.1, 0.15) is 0 Å². The molecule has 1 aromatic rings. The standard InChI is InChI=1S/C15H21BrO4S/c1-13(17)20-10-4-2-3-5-11-21(18,19)15-8-6-14(12-16)7-9-15/h6-9H,2-5,10-12H2,1H3. The van der Waals surface area contributed by atoms with Gasteiger partial charge in [-0.1, -0.05) is 40.9 Å². The fourth-order valence-corrected chi connectivity index (χ4v) is 3.61. The van der Waals surface area contributed by atoms with Crippen LogP contribution in [0.1, 0.15) is 38.2 Å². The number of esters is 1. The van der Waals surface area contributed by atoms with Crippen molar-refractivity contribution in [3.05, 3.63) is 29.8 Å². The van der Waals surface area contributed by atoms with Crippen molar-refractivity contribution < 1.29 is 17.9 Å². The van der Waals surface area contributed by atoms with Gasteiger partial charge in [0, 0.05) is 12.3 Å². The average molecular weight is 377 g/mol. The molecule has 0 heterocycles. The molecular weight excluding hydrogens is 356 g/mol. The lowest BCUT2D eigenvalue weighted by Gasteiger charge is -2.06. The Balaban J connectivity index is 2.31. The van der Waals surface area contributed by atoms with E-state index in [4.69, 9.17) is 4.74 Å². The number of ether oxygens (including phenoxy) is 1. The number of hydrogen-bond donors (Lipinski definition) is 0. The van der Waals surface area contributed by atoms with E-state index >= 15 is 0 Å². The van der Waals surface area contributed by atoms with E-state index in [0.717, 1.165) is 30.2 Å². The van der Waals surface area contributed by atoms with Crippen LogP contribution in [0.25, 0.3) is 0 Å². The molecule has 0 aliphatic rings. The molecule has 21 heavy (non-hydrogen) atoms. The van der Waals surface area contributed by atoms with Crippen LogP contribution in [0.5, 0.6) is 0 Å². The molecule has 0 spiro atoms. The Labute approximate surface area is 134 Å². The number of halogens is 1. The van der Waals surface area contributed by atoms with Gasteiger partial charge < -0.3 is 4.74 Å². The number of benzene rings is 1. The van der Waals surface area contributed by atoms with Crippen molar-refractivity contribution in [1.82, 2.24) is 0 Å². The summed E-state index contributed by atoms with van der Waals surface area (Å²) in [5, 5.41) is 0.718. The van der Waals surface area contributed by atoms with Gasteiger partial charge in [-0.05, 0) is 30.5 Å². The molecule has 0 unspecified atom stereocenters. The summed E-state index contributed by atoms with van der Waals surface area (Å²) in [6.07, 6.45) is 3.09. The van der Waals surface area contributed by atoms with Gasteiger partial charge in [-0.25, -0.2) is 8.42 Å². The van der Waals surface area contributed by atoms with Crippen molar-refractivity contribution in [1.29, 1.82) is 0 Å². The average Bonchev–Trinajstić information content (AvgIpc) is 2.46. The lowest BCUT2D eigenvalue weighted by Crippen LogP contribution is -2.07. The zero-order chi connectivity index (χ0) is 15.7. The number of rotatable bonds is 9. The largest absolute Gasteiger partial charge is 0.466 e. The van der Waals surface area contributed by atoms with Crippen molar-refractivity contribution in [3.63, 3.8) is 0 Å². The molecule has 0 atom stereocenters. The lowest BCUT2D eigenvalue weighted by molar-refractivity contribution is -0.141. The first-order valence-corrected chi connectivity index (χ1v) is 9.74. The van der Waals surface area contributed by atoms with Crippen molar-refractivity contribution in [2.24, 2.45) is 0 Å². The van der Waals surface area contributed by atoms with E-state index in [1.54, 1.807) is 12.1 Å². The predicted octanol–water partition coefficient (Wildman–Crippen LogP) is 3.48. The Morgan fingerprint density at radius 1 is 1.10 bits per heavy atom. The Kier molecular flexibility index (Phi) is 7.96. The second kappa shape index (κ2) is 9.20. The fraction of sp³-hybridized carbons (Fsp3) is 0.533. The molecule has 0 saturated carbocycles. The van der Waals surface area contributed by atoms with Gasteiger partial charge in [-0.3, -0.25) is 4.79 Å². The topological polar surface area (TPSA) is 60.4 Å². The van der Waals surface area contributed by atoms with E-state index in [1.807, 2.05) is 12.1 Å². The zero-order valence-electron chi connectivity index (χ0n) is 12.2. The summed E-state index contributed by atoms with van der Waals surface area (Å²) in [4.78, 5) is 10.9. The molecule has 0 amide bonds. The molecule has 0 aliphatic heterocycles. The van der Waals surface area contributed by atoms with Crippen LogP contribution in [0, 0.1) is 0 Å². The van der Waals surface area contributed by atoms with E-state index in [1.165, 1.54) is 6.92 Å². The predicted molar refractivity (Wildman–Crippen MR) is 86.2 cm³/mol. The van der Waals surface area contributed by atoms with Crippen LogP contribution in [-0.2, 0) is 24.7 Å². The Hall–Kier alpha value is -0.880. The van der Waals surface area contributed by atoms with Crippen LogP contribution in [0.2, 0.25) is 0 Å². The molecule has 0 fully saturated rings. The number of carbonyl (C=O) groups is 1. The molecule has 0 saturated heterocycles. The van der Waals surface area contributed by atoms with Gasteiger partial charge >= 0.3 is 5.97 Å². The molecule has 1 aromatic carbocycles. The van der Waals surface area contributed by atoms with Crippen LogP contribution in [-0.4, -0.2) is 26.7 Å². The Morgan fingerprint density at radius 3 is 2.29 bits per heavy atom. The summed E-state index contributed by atoms with van der Waals surface area (Å²) in [7, 11) is -3.19. The fourth-order valence-electron chi connectivity index (χ4n) is 1.87. The molecule has 0 bridgehead atoms. The second-order valence-electron chi connectivity index (χ2n) is 4.85.